The number of anilines is 2. The number of nitrogens with zero attached hydrogens (tertiary/aromatic N) is 4. The summed E-state index contributed by atoms with van der Waals surface area (Å²) in [6.45, 7) is 13.1. The molecular weight excluding hydrogens is 406 g/mol. The van der Waals surface area contributed by atoms with Crippen LogP contribution in [-0.2, 0) is 11.3 Å². The molecule has 0 aliphatic carbocycles. The average Bonchev–Trinajstić information content (AvgIpc) is 3.20. The molecule has 3 rings (SSSR count). The van der Waals surface area contributed by atoms with E-state index < -0.39 is 0 Å². The van der Waals surface area contributed by atoms with E-state index in [9.17, 15) is 4.79 Å². The summed E-state index contributed by atoms with van der Waals surface area (Å²) in [5.41, 5.74) is 5.34. The number of carbonyl (C=O) groups is 1. The van der Waals surface area contributed by atoms with Gasteiger partial charge in [0.2, 0.25) is 5.91 Å². The zero-order chi connectivity index (χ0) is 22.4. The van der Waals surface area contributed by atoms with Gasteiger partial charge in [-0.25, -0.2) is 0 Å². The molecule has 0 spiro atoms. The molecule has 1 heterocycles. The lowest BCUT2D eigenvalue weighted by atomic mass is 10.1. The summed E-state index contributed by atoms with van der Waals surface area (Å²) >= 11 is 1.41. The molecule has 0 bridgehead atoms. The van der Waals surface area contributed by atoms with Crippen molar-refractivity contribution in [3.05, 3.63) is 53.6 Å². The number of hydrogen-bond donors (Lipinski definition) is 1. The highest BCUT2D eigenvalue weighted by Gasteiger charge is 2.15. The molecule has 0 aliphatic heterocycles. The van der Waals surface area contributed by atoms with Crippen LogP contribution in [0.15, 0.2) is 47.6 Å². The molecule has 1 aromatic heterocycles. The fraction of sp³-hybridized carbons (Fsp3) is 0.375. The van der Waals surface area contributed by atoms with Crippen LogP contribution >= 0.6 is 11.8 Å². The molecule has 0 aliphatic rings. The average molecular weight is 438 g/mol. The molecule has 0 unspecified atom stereocenters. The smallest absolute Gasteiger partial charge is 0.234 e. The van der Waals surface area contributed by atoms with Gasteiger partial charge in [0.15, 0.2) is 11.0 Å². The number of nitrogens with one attached hydrogen (secondary N) is 1. The molecule has 1 N–H and O–H groups in total. The number of thioether (sulfide) groups is 1. The van der Waals surface area contributed by atoms with Crippen molar-refractivity contribution in [3.63, 3.8) is 0 Å². The van der Waals surface area contributed by atoms with E-state index in [1.165, 1.54) is 17.4 Å². The topological polar surface area (TPSA) is 63.1 Å². The summed E-state index contributed by atoms with van der Waals surface area (Å²) in [6.07, 6.45) is 0. The van der Waals surface area contributed by atoms with Gasteiger partial charge in [-0.15, -0.1) is 10.2 Å². The Balaban J connectivity index is 1.70. The van der Waals surface area contributed by atoms with E-state index in [2.05, 4.69) is 70.0 Å². The van der Waals surface area contributed by atoms with Crippen molar-refractivity contribution < 1.29 is 4.79 Å². The van der Waals surface area contributed by atoms with Crippen LogP contribution in [0.4, 0.5) is 11.4 Å². The highest BCUT2D eigenvalue weighted by Crippen LogP contribution is 2.26. The largest absolute Gasteiger partial charge is 0.372 e. The summed E-state index contributed by atoms with van der Waals surface area (Å²) in [5, 5.41) is 12.5. The second-order valence-corrected chi connectivity index (χ2v) is 8.30. The Morgan fingerprint density at radius 1 is 1.03 bits per heavy atom. The fourth-order valence-electron chi connectivity index (χ4n) is 3.51. The van der Waals surface area contributed by atoms with Gasteiger partial charge in [-0.1, -0.05) is 23.9 Å². The Labute approximate surface area is 189 Å². The van der Waals surface area contributed by atoms with Crippen LogP contribution in [0.5, 0.6) is 0 Å². The van der Waals surface area contributed by atoms with Crippen LogP contribution in [0.2, 0.25) is 0 Å². The minimum absolute atomic E-state index is 0.0468. The van der Waals surface area contributed by atoms with Crippen molar-refractivity contribution in [1.82, 2.24) is 14.8 Å². The number of rotatable bonds is 9. The minimum atomic E-state index is -0.0468. The van der Waals surface area contributed by atoms with Crippen LogP contribution in [0, 0.1) is 13.8 Å². The molecule has 3 aromatic rings. The van der Waals surface area contributed by atoms with Gasteiger partial charge < -0.3 is 14.8 Å². The number of aryl methyl sites for hydroxylation is 1. The Hall–Kier alpha value is -2.80. The number of carbonyl (C=O) groups excluding carboxylic acids is 1. The van der Waals surface area contributed by atoms with E-state index in [1.807, 2.05) is 32.0 Å². The molecular formula is C24H31N5OS. The second kappa shape index (κ2) is 10.5. The first-order valence-electron chi connectivity index (χ1n) is 10.8. The fourth-order valence-corrected chi connectivity index (χ4v) is 4.31. The Morgan fingerprint density at radius 3 is 2.39 bits per heavy atom. The number of hydrogen-bond acceptors (Lipinski definition) is 5. The van der Waals surface area contributed by atoms with Crippen LogP contribution in [0.25, 0.3) is 11.4 Å². The van der Waals surface area contributed by atoms with Crippen LogP contribution in [0.1, 0.15) is 31.9 Å². The first-order valence-corrected chi connectivity index (χ1v) is 11.7. The lowest BCUT2D eigenvalue weighted by molar-refractivity contribution is -0.113. The zero-order valence-electron chi connectivity index (χ0n) is 19.0. The molecule has 2 aromatic carbocycles. The van der Waals surface area contributed by atoms with E-state index in [4.69, 9.17) is 0 Å². The lowest BCUT2D eigenvalue weighted by Crippen LogP contribution is -2.21. The molecule has 7 heteroatoms. The van der Waals surface area contributed by atoms with Crippen molar-refractivity contribution in [2.24, 2.45) is 0 Å². The van der Waals surface area contributed by atoms with Gasteiger partial charge >= 0.3 is 0 Å². The first-order chi connectivity index (χ1) is 15.0. The maximum Gasteiger partial charge on any atom is 0.234 e. The van der Waals surface area contributed by atoms with Gasteiger partial charge in [-0.05, 0) is 76.1 Å². The third kappa shape index (κ3) is 5.28. The van der Waals surface area contributed by atoms with E-state index in [1.54, 1.807) is 0 Å². The van der Waals surface area contributed by atoms with Gasteiger partial charge in [0.05, 0.1) is 5.75 Å². The summed E-state index contributed by atoms with van der Waals surface area (Å²) in [5.74, 6) is 1.06. The predicted molar refractivity (Wildman–Crippen MR) is 130 cm³/mol. The van der Waals surface area contributed by atoms with Crippen molar-refractivity contribution in [2.45, 2.75) is 46.3 Å². The number of amides is 1. The summed E-state index contributed by atoms with van der Waals surface area (Å²) in [6, 6.07) is 14.4. The van der Waals surface area contributed by atoms with Crippen LogP contribution < -0.4 is 10.2 Å². The maximum absolute atomic E-state index is 12.5. The zero-order valence-corrected chi connectivity index (χ0v) is 19.8. The monoisotopic (exact) mass is 437 g/mol. The molecule has 0 saturated carbocycles. The van der Waals surface area contributed by atoms with Gasteiger partial charge in [0.1, 0.15) is 0 Å². The van der Waals surface area contributed by atoms with Crippen molar-refractivity contribution in [3.8, 4) is 11.4 Å². The van der Waals surface area contributed by atoms with E-state index in [0.717, 1.165) is 53.0 Å². The van der Waals surface area contributed by atoms with E-state index in [-0.39, 0.29) is 11.7 Å². The Morgan fingerprint density at radius 2 is 1.74 bits per heavy atom. The molecule has 164 valence electrons. The van der Waals surface area contributed by atoms with Crippen LogP contribution in [0.3, 0.4) is 0 Å². The number of aromatic nitrogens is 3. The molecule has 0 fully saturated rings. The summed E-state index contributed by atoms with van der Waals surface area (Å²) < 4.78 is 2.06. The van der Waals surface area contributed by atoms with Crippen molar-refractivity contribution in [2.75, 3.05) is 29.1 Å². The third-order valence-electron chi connectivity index (χ3n) is 5.50. The Bertz CT molecular complexity index is 1020. The quantitative estimate of drug-likeness (QED) is 0.469. The molecule has 0 saturated heterocycles. The first kappa shape index (κ1) is 22.9. The minimum Gasteiger partial charge on any atom is -0.372 e. The number of benzene rings is 2. The summed E-state index contributed by atoms with van der Waals surface area (Å²) in [4.78, 5) is 14.8. The van der Waals surface area contributed by atoms with Crippen molar-refractivity contribution >= 4 is 29.0 Å². The predicted octanol–water partition coefficient (Wildman–Crippen LogP) is 5.16. The Kier molecular flexibility index (Phi) is 7.74. The molecule has 0 atom stereocenters. The second-order valence-electron chi connectivity index (χ2n) is 7.35. The molecule has 31 heavy (non-hydrogen) atoms. The normalized spacial score (nSPS) is 10.9. The molecule has 6 nitrogen and oxygen atoms in total. The van der Waals surface area contributed by atoms with Crippen LogP contribution in [-0.4, -0.2) is 39.5 Å². The van der Waals surface area contributed by atoms with E-state index in [0.29, 0.717) is 0 Å². The van der Waals surface area contributed by atoms with E-state index >= 15 is 0 Å². The van der Waals surface area contributed by atoms with Gasteiger partial charge in [0.25, 0.3) is 0 Å². The van der Waals surface area contributed by atoms with Gasteiger partial charge in [-0.2, -0.15) is 0 Å². The van der Waals surface area contributed by atoms with Crippen molar-refractivity contribution in [1.29, 1.82) is 0 Å². The third-order valence-corrected chi connectivity index (χ3v) is 6.47. The molecule has 0 radical (unpaired) electrons. The highest BCUT2D eigenvalue weighted by molar-refractivity contribution is 7.99. The summed E-state index contributed by atoms with van der Waals surface area (Å²) in [7, 11) is 0. The van der Waals surface area contributed by atoms with Gasteiger partial charge in [0, 0.05) is 36.6 Å². The maximum atomic E-state index is 12.5. The highest BCUT2D eigenvalue weighted by atomic mass is 32.2. The SMILES string of the molecule is CCN(CC)c1ccc(-c2nnc(SCC(=O)Nc3cccc(C)c3C)n2CC)cc1. The lowest BCUT2D eigenvalue weighted by Gasteiger charge is -2.21. The standard InChI is InChI=1S/C24H31N5OS/c1-6-28(7-2)20-14-12-19(13-15-20)23-26-27-24(29(23)8-3)31-16-22(30)25-21-11-9-10-17(4)18(21)5/h9-15H,6-8,16H2,1-5H3,(H,25,30). The molecule has 1 amide bonds. The van der Waals surface area contributed by atoms with Gasteiger partial charge in [-0.3, -0.25) is 4.79 Å².